The Morgan fingerprint density at radius 2 is 2.31 bits per heavy atom. The van der Waals surface area contributed by atoms with E-state index >= 15 is 0 Å². The Kier molecular flexibility index (Phi) is 2.14. The summed E-state index contributed by atoms with van der Waals surface area (Å²) < 4.78 is 0. The zero-order chi connectivity index (χ0) is 11.1. The second kappa shape index (κ2) is 3.52. The first-order chi connectivity index (χ1) is 7.75. The number of thioether (sulfide) groups is 1. The third-order valence-electron chi connectivity index (χ3n) is 2.93. The summed E-state index contributed by atoms with van der Waals surface area (Å²) in [5.41, 5.74) is 3.67. The van der Waals surface area contributed by atoms with Gasteiger partial charge in [0.15, 0.2) is 0 Å². The van der Waals surface area contributed by atoms with Crippen LogP contribution in [0.2, 0.25) is 0 Å². The molecule has 1 aliphatic heterocycles. The molecule has 0 saturated carbocycles. The highest BCUT2D eigenvalue weighted by atomic mass is 32.2. The normalized spacial score (nSPS) is 15.0. The zero-order valence-corrected chi connectivity index (χ0v) is 9.34. The van der Waals surface area contributed by atoms with Crippen LogP contribution in [0.4, 0.5) is 5.69 Å². The largest absolute Gasteiger partial charge is 0.358 e. The lowest BCUT2D eigenvalue weighted by molar-refractivity contribution is -0.384. The van der Waals surface area contributed by atoms with Gasteiger partial charge in [-0.3, -0.25) is 10.1 Å². The highest BCUT2D eigenvalue weighted by Gasteiger charge is 2.17. The van der Waals surface area contributed by atoms with Gasteiger partial charge in [0.2, 0.25) is 0 Å². The molecule has 1 aromatic carbocycles. The molecule has 0 amide bonds. The Morgan fingerprint density at radius 1 is 1.44 bits per heavy atom. The summed E-state index contributed by atoms with van der Waals surface area (Å²) in [7, 11) is 0. The maximum absolute atomic E-state index is 10.7. The number of aromatic amines is 1. The van der Waals surface area contributed by atoms with Crippen molar-refractivity contribution < 1.29 is 4.92 Å². The Balaban J connectivity index is 2.25. The Labute approximate surface area is 96.2 Å². The molecule has 16 heavy (non-hydrogen) atoms. The molecule has 0 bridgehead atoms. The van der Waals surface area contributed by atoms with Crippen molar-refractivity contribution in [1.82, 2.24) is 4.98 Å². The van der Waals surface area contributed by atoms with Crippen LogP contribution >= 0.6 is 11.8 Å². The number of aryl methyl sites for hydroxylation is 1. The van der Waals surface area contributed by atoms with Crippen LogP contribution in [0, 0.1) is 10.1 Å². The number of aromatic nitrogens is 1. The Hall–Kier alpha value is -1.49. The predicted molar refractivity (Wildman–Crippen MR) is 64.8 cm³/mol. The standard InChI is InChI=1S/C11H10N2O2S/c14-13(15)7-1-2-10-8(5-7)9-6-16-4-3-11(9)12-10/h1-2,5,12H,3-4,6H2. The fraction of sp³-hybridized carbons (Fsp3) is 0.273. The highest BCUT2D eigenvalue weighted by molar-refractivity contribution is 7.98. The lowest BCUT2D eigenvalue weighted by Gasteiger charge is -2.09. The van der Waals surface area contributed by atoms with Crippen molar-refractivity contribution in [2.24, 2.45) is 0 Å². The molecule has 3 rings (SSSR count). The van der Waals surface area contributed by atoms with Crippen molar-refractivity contribution >= 4 is 28.4 Å². The quantitative estimate of drug-likeness (QED) is 0.609. The van der Waals surface area contributed by atoms with E-state index in [1.807, 2.05) is 11.8 Å². The number of fused-ring (bicyclic) bond motifs is 3. The number of non-ortho nitro benzene ring substituents is 1. The van der Waals surface area contributed by atoms with E-state index in [0.717, 1.165) is 28.8 Å². The van der Waals surface area contributed by atoms with Crippen LogP contribution in [-0.2, 0) is 12.2 Å². The number of nitro groups is 1. The number of benzene rings is 1. The van der Waals surface area contributed by atoms with Crippen molar-refractivity contribution in [2.45, 2.75) is 12.2 Å². The summed E-state index contributed by atoms with van der Waals surface area (Å²) in [5.74, 6) is 2.08. The highest BCUT2D eigenvalue weighted by Crippen LogP contribution is 2.32. The van der Waals surface area contributed by atoms with Gasteiger partial charge in [0.05, 0.1) is 4.92 Å². The number of hydrogen-bond acceptors (Lipinski definition) is 3. The second-order valence-electron chi connectivity index (χ2n) is 3.87. The van der Waals surface area contributed by atoms with Gasteiger partial charge in [-0.1, -0.05) is 0 Å². The van der Waals surface area contributed by atoms with E-state index in [1.54, 1.807) is 18.2 Å². The van der Waals surface area contributed by atoms with E-state index < -0.39 is 0 Å². The van der Waals surface area contributed by atoms with E-state index in [4.69, 9.17) is 0 Å². The van der Waals surface area contributed by atoms with Gasteiger partial charge >= 0.3 is 0 Å². The number of hydrogen-bond donors (Lipinski definition) is 1. The molecule has 82 valence electrons. The van der Waals surface area contributed by atoms with E-state index in [1.165, 1.54) is 11.3 Å². The molecular formula is C11H10N2O2S. The molecule has 1 aromatic heterocycles. The van der Waals surface area contributed by atoms with Crippen LogP contribution in [0.3, 0.4) is 0 Å². The first kappa shape index (κ1) is 9.72. The van der Waals surface area contributed by atoms with Crippen molar-refractivity contribution in [1.29, 1.82) is 0 Å². The van der Waals surface area contributed by atoms with Crippen LogP contribution < -0.4 is 0 Å². The lowest BCUT2D eigenvalue weighted by atomic mass is 10.1. The topological polar surface area (TPSA) is 58.9 Å². The molecule has 0 unspecified atom stereocenters. The summed E-state index contributed by atoms with van der Waals surface area (Å²) in [4.78, 5) is 13.7. The first-order valence-electron chi connectivity index (χ1n) is 5.11. The second-order valence-corrected chi connectivity index (χ2v) is 4.98. The number of nitro benzene ring substituents is 1. The predicted octanol–water partition coefficient (Wildman–Crippen LogP) is 2.87. The van der Waals surface area contributed by atoms with Gasteiger partial charge in [-0.05, 0) is 23.8 Å². The number of rotatable bonds is 1. The molecule has 2 heterocycles. The summed E-state index contributed by atoms with van der Waals surface area (Å²) >= 11 is 1.88. The SMILES string of the molecule is O=[N+]([O-])c1ccc2[nH]c3c(c2c1)CSCC3. The van der Waals surface area contributed by atoms with Gasteiger partial charge in [-0.25, -0.2) is 0 Å². The summed E-state index contributed by atoms with van der Waals surface area (Å²) in [6.07, 6.45) is 1.03. The number of H-pyrrole nitrogens is 1. The Morgan fingerprint density at radius 3 is 3.12 bits per heavy atom. The minimum atomic E-state index is -0.338. The van der Waals surface area contributed by atoms with Crippen molar-refractivity contribution in [2.75, 3.05) is 5.75 Å². The molecule has 0 radical (unpaired) electrons. The minimum Gasteiger partial charge on any atom is -0.358 e. The summed E-state index contributed by atoms with van der Waals surface area (Å²) in [6, 6.07) is 5.03. The van der Waals surface area contributed by atoms with Crippen LogP contribution in [0.15, 0.2) is 18.2 Å². The molecule has 2 aromatic rings. The first-order valence-corrected chi connectivity index (χ1v) is 6.27. The van der Waals surface area contributed by atoms with E-state index in [2.05, 4.69) is 4.98 Å². The van der Waals surface area contributed by atoms with E-state index in [9.17, 15) is 10.1 Å². The zero-order valence-electron chi connectivity index (χ0n) is 8.53. The van der Waals surface area contributed by atoms with Gasteiger partial charge in [0, 0.05) is 34.5 Å². The monoisotopic (exact) mass is 234 g/mol. The summed E-state index contributed by atoms with van der Waals surface area (Å²) in [5, 5.41) is 11.7. The molecule has 0 aliphatic carbocycles. The average Bonchev–Trinajstić information content (AvgIpc) is 2.66. The van der Waals surface area contributed by atoms with Crippen LogP contribution in [-0.4, -0.2) is 15.7 Å². The molecule has 0 saturated heterocycles. The third-order valence-corrected chi connectivity index (χ3v) is 3.92. The molecule has 5 heteroatoms. The molecular weight excluding hydrogens is 224 g/mol. The lowest BCUT2D eigenvalue weighted by Crippen LogP contribution is -1.99. The molecule has 0 atom stereocenters. The number of nitrogens with one attached hydrogen (secondary N) is 1. The molecule has 0 fully saturated rings. The minimum absolute atomic E-state index is 0.171. The maximum atomic E-state index is 10.7. The third kappa shape index (κ3) is 1.39. The van der Waals surface area contributed by atoms with Crippen molar-refractivity contribution in [3.63, 3.8) is 0 Å². The van der Waals surface area contributed by atoms with Crippen LogP contribution in [0.1, 0.15) is 11.3 Å². The van der Waals surface area contributed by atoms with Gasteiger partial charge in [0.1, 0.15) is 0 Å². The number of nitrogens with zero attached hydrogens (tertiary/aromatic N) is 1. The molecule has 1 aliphatic rings. The maximum Gasteiger partial charge on any atom is 0.270 e. The van der Waals surface area contributed by atoms with Crippen LogP contribution in [0.25, 0.3) is 10.9 Å². The van der Waals surface area contributed by atoms with Crippen molar-refractivity contribution in [3.05, 3.63) is 39.6 Å². The average molecular weight is 234 g/mol. The van der Waals surface area contributed by atoms with E-state index in [-0.39, 0.29) is 10.6 Å². The molecule has 0 spiro atoms. The fourth-order valence-electron chi connectivity index (χ4n) is 2.13. The Bertz CT molecular complexity index is 577. The smallest absolute Gasteiger partial charge is 0.270 e. The van der Waals surface area contributed by atoms with Gasteiger partial charge in [-0.2, -0.15) is 11.8 Å². The van der Waals surface area contributed by atoms with Gasteiger partial charge in [0.25, 0.3) is 5.69 Å². The fourth-order valence-corrected chi connectivity index (χ4v) is 3.16. The van der Waals surface area contributed by atoms with Crippen molar-refractivity contribution in [3.8, 4) is 0 Å². The van der Waals surface area contributed by atoms with E-state index in [0.29, 0.717) is 0 Å². The summed E-state index contributed by atoms with van der Waals surface area (Å²) in [6.45, 7) is 0. The van der Waals surface area contributed by atoms with Gasteiger partial charge < -0.3 is 4.98 Å². The van der Waals surface area contributed by atoms with Gasteiger partial charge in [-0.15, -0.1) is 0 Å². The molecule has 4 nitrogen and oxygen atoms in total. The molecule has 1 N–H and O–H groups in total. The van der Waals surface area contributed by atoms with Crippen LogP contribution in [0.5, 0.6) is 0 Å².